The fraction of sp³-hybridized carbons (Fsp3) is 0.0833. The van der Waals surface area contributed by atoms with Crippen LogP contribution in [0.15, 0.2) is 90.1 Å². The lowest BCUT2D eigenvalue weighted by Gasteiger charge is -2.12. The molecule has 0 spiro atoms. The number of nitrogens with one attached hydrogen (secondary N) is 3. The van der Waals surface area contributed by atoms with E-state index in [1.807, 2.05) is 31.3 Å². The standard InChI is InChI=1S/C24H23N5S/c1-17-11-19(18-7-4-3-5-8-18)13-21(12-17)29-24-15-23(26-16-27-24)28-20-9-6-10-22(14-20)30-25-2/h3-16,25H,1-2H3,(H2,26,27,28,29). The molecule has 0 amide bonds. The Morgan fingerprint density at radius 3 is 2.23 bits per heavy atom. The second-order valence-corrected chi connectivity index (χ2v) is 7.91. The first kappa shape index (κ1) is 19.9. The van der Waals surface area contributed by atoms with E-state index in [1.54, 1.807) is 18.3 Å². The summed E-state index contributed by atoms with van der Waals surface area (Å²) in [6.45, 7) is 2.10. The van der Waals surface area contributed by atoms with Crippen LogP contribution in [0.5, 0.6) is 0 Å². The van der Waals surface area contributed by atoms with Gasteiger partial charge in [0.1, 0.15) is 18.0 Å². The summed E-state index contributed by atoms with van der Waals surface area (Å²) in [6.07, 6.45) is 1.56. The van der Waals surface area contributed by atoms with Crippen LogP contribution in [0.4, 0.5) is 23.0 Å². The first-order chi connectivity index (χ1) is 14.7. The van der Waals surface area contributed by atoms with Gasteiger partial charge in [-0.2, -0.15) is 0 Å². The minimum atomic E-state index is 0.732. The molecule has 0 saturated carbocycles. The normalized spacial score (nSPS) is 10.6. The van der Waals surface area contributed by atoms with Crippen molar-refractivity contribution < 1.29 is 0 Å². The van der Waals surface area contributed by atoms with Gasteiger partial charge in [-0.15, -0.1) is 0 Å². The molecular formula is C24H23N5S. The molecule has 4 rings (SSSR count). The van der Waals surface area contributed by atoms with Crippen molar-refractivity contribution in [3.63, 3.8) is 0 Å². The Morgan fingerprint density at radius 1 is 0.700 bits per heavy atom. The lowest BCUT2D eigenvalue weighted by Crippen LogP contribution is -1.99. The number of aromatic nitrogens is 2. The molecule has 150 valence electrons. The zero-order valence-corrected chi connectivity index (χ0v) is 17.7. The van der Waals surface area contributed by atoms with Crippen molar-refractivity contribution in [2.75, 3.05) is 17.7 Å². The van der Waals surface area contributed by atoms with Crippen molar-refractivity contribution >= 4 is 35.0 Å². The first-order valence-corrected chi connectivity index (χ1v) is 10.5. The van der Waals surface area contributed by atoms with Gasteiger partial charge >= 0.3 is 0 Å². The number of nitrogens with zero attached hydrogens (tertiary/aromatic N) is 2. The Labute approximate surface area is 181 Å². The summed E-state index contributed by atoms with van der Waals surface area (Å²) in [5, 5.41) is 6.75. The number of hydrogen-bond donors (Lipinski definition) is 3. The lowest BCUT2D eigenvalue weighted by molar-refractivity contribution is 1.16. The topological polar surface area (TPSA) is 61.9 Å². The molecule has 0 aliphatic rings. The van der Waals surface area contributed by atoms with Gasteiger partial charge in [0.25, 0.3) is 0 Å². The van der Waals surface area contributed by atoms with Crippen molar-refractivity contribution in [3.05, 3.63) is 90.8 Å². The number of rotatable bonds is 7. The van der Waals surface area contributed by atoms with Crippen molar-refractivity contribution in [2.45, 2.75) is 11.8 Å². The molecule has 0 saturated heterocycles. The average Bonchev–Trinajstić information content (AvgIpc) is 2.75. The number of hydrogen-bond acceptors (Lipinski definition) is 6. The fourth-order valence-electron chi connectivity index (χ4n) is 3.20. The smallest absolute Gasteiger partial charge is 0.135 e. The van der Waals surface area contributed by atoms with E-state index in [2.05, 4.69) is 86.8 Å². The van der Waals surface area contributed by atoms with E-state index >= 15 is 0 Å². The fourth-order valence-corrected chi connectivity index (χ4v) is 3.77. The highest BCUT2D eigenvalue weighted by Gasteiger charge is 2.05. The van der Waals surface area contributed by atoms with Crippen LogP contribution in [0.2, 0.25) is 0 Å². The number of benzene rings is 3. The zero-order valence-electron chi connectivity index (χ0n) is 16.9. The molecule has 0 aliphatic carbocycles. The third-order valence-corrected chi connectivity index (χ3v) is 5.14. The zero-order chi connectivity index (χ0) is 20.8. The quantitative estimate of drug-likeness (QED) is 0.315. The highest BCUT2D eigenvalue weighted by molar-refractivity contribution is 7.97. The maximum Gasteiger partial charge on any atom is 0.135 e. The monoisotopic (exact) mass is 413 g/mol. The van der Waals surface area contributed by atoms with E-state index in [-0.39, 0.29) is 0 Å². The summed E-state index contributed by atoms with van der Waals surface area (Å²) >= 11 is 1.57. The van der Waals surface area contributed by atoms with Gasteiger partial charge in [0.05, 0.1) is 0 Å². The highest BCUT2D eigenvalue weighted by atomic mass is 32.2. The molecule has 3 aromatic carbocycles. The predicted molar refractivity (Wildman–Crippen MR) is 127 cm³/mol. The van der Waals surface area contributed by atoms with Crippen LogP contribution >= 0.6 is 11.9 Å². The summed E-state index contributed by atoms with van der Waals surface area (Å²) in [6, 6.07) is 26.9. The van der Waals surface area contributed by atoms with E-state index in [0.717, 1.165) is 27.9 Å². The van der Waals surface area contributed by atoms with E-state index in [4.69, 9.17) is 0 Å². The Hall–Kier alpha value is -3.35. The van der Waals surface area contributed by atoms with Gasteiger partial charge in [-0.3, -0.25) is 4.72 Å². The van der Waals surface area contributed by atoms with E-state index in [0.29, 0.717) is 0 Å². The molecule has 5 nitrogen and oxygen atoms in total. The molecule has 0 aliphatic heterocycles. The lowest BCUT2D eigenvalue weighted by atomic mass is 10.0. The molecular weight excluding hydrogens is 390 g/mol. The van der Waals surface area contributed by atoms with Gasteiger partial charge in [-0.25, -0.2) is 9.97 Å². The Morgan fingerprint density at radius 2 is 1.47 bits per heavy atom. The maximum absolute atomic E-state index is 4.38. The van der Waals surface area contributed by atoms with E-state index in [1.165, 1.54) is 16.7 Å². The van der Waals surface area contributed by atoms with Gasteiger partial charge in [0, 0.05) is 22.3 Å². The molecule has 3 N–H and O–H groups in total. The van der Waals surface area contributed by atoms with Crippen molar-refractivity contribution in [1.29, 1.82) is 0 Å². The molecule has 6 heteroatoms. The molecule has 0 bridgehead atoms. The number of anilines is 4. The van der Waals surface area contributed by atoms with Crippen LogP contribution in [0.1, 0.15) is 5.56 Å². The summed E-state index contributed by atoms with van der Waals surface area (Å²) in [7, 11) is 1.90. The van der Waals surface area contributed by atoms with E-state index in [9.17, 15) is 0 Å². The summed E-state index contributed by atoms with van der Waals surface area (Å²) < 4.78 is 3.09. The molecule has 1 heterocycles. The van der Waals surface area contributed by atoms with Crippen LogP contribution in [-0.4, -0.2) is 17.0 Å². The third kappa shape index (κ3) is 5.17. The number of aryl methyl sites for hydroxylation is 1. The van der Waals surface area contributed by atoms with Crippen LogP contribution in [0.3, 0.4) is 0 Å². The van der Waals surface area contributed by atoms with Crippen LogP contribution < -0.4 is 15.4 Å². The summed E-state index contributed by atoms with van der Waals surface area (Å²) in [5.41, 5.74) is 5.51. The molecule has 0 atom stereocenters. The van der Waals surface area contributed by atoms with Crippen molar-refractivity contribution in [2.24, 2.45) is 0 Å². The molecule has 1 aromatic heterocycles. The Bertz CT molecular complexity index is 1130. The minimum Gasteiger partial charge on any atom is -0.340 e. The SMILES string of the molecule is CNSc1cccc(Nc2cc(Nc3cc(C)cc(-c4ccccc4)c3)ncn2)c1. The molecule has 0 unspecified atom stereocenters. The van der Waals surface area contributed by atoms with Crippen LogP contribution in [-0.2, 0) is 0 Å². The largest absolute Gasteiger partial charge is 0.340 e. The van der Waals surface area contributed by atoms with Gasteiger partial charge in [-0.05, 0) is 72.9 Å². The average molecular weight is 414 g/mol. The van der Waals surface area contributed by atoms with Gasteiger partial charge in [-0.1, -0.05) is 42.5 Å². The summed E-state index contributed by atoms with van der Waals surface area (Å²) in [5.74, 6) is 1.47. The second kappa shape index (κ2) is 9.43. The molecule has 0 fully saturated rings. The Balaban J connectivity index is 1.54. The van der Waals surface area contributed by atoms with Gasteiger partial charge < -0.3 is 10.6 Å². The van der Waals surface area contributed by atoms with E-state index < -0.39 is 0 Å². The third-order valence-electron chi connectivity index (χ3n) is 4.45. The maximum atomic E-state index is 4.38. The van der Waals surface area contributed by atoms with Crippen LogP contribution in [0, 0.1) is 6.92 Å². The first-order valence-electron chi connectivity index (χ1n) is 9.66. The predicted octanol–water partition coefficient (Wildman–Crippen LogP) is 6.17. The minimum absolute atomic E-state index is 0.732. The molecule has 30 heavy (non-hydrogen) atoms. The van der Waals surface area contributed by atoms with Gasteiger partial charge in [0.15, 0.2) is 0 Å². The van der Waals surface area contributed by atoms with Gasteiger partial charge in [0.2, 0.25) is 0 Å². The molecule has 4 aromatic rings. The van der Waals surface area contributed by atoms with Crippen molar-refractivity contribution in [3.8, 4) is 11.1 Å². The highest BCUT2D eigenvalue weighted by Crippen LogP contribution is 2.27. The Kier molecular flexibility index (Phi) is 6.27. The summed E-state index contributed by atoms with van der Waals surface area (Å²) in [4.78, 5) is 9.86. The van der Waals surface area contributed by atoms with Crippen LogP contribution in [0.25, 0.3) is 11.1 Å². The molecule has 0 radical (unpaired) electrons. The van der Waals surface area contributed by atoms with Crippen molar-refractivity contribution in [1.82, 2.24) is 14.7 Å². The second-order valence-electron chi connectivity index (χ2n) is 6.83.